The van der Waals surface area contributed by atoms with Gasteiger partial charge >= 0.3 is 5.97 Å². The molecule has 1 aromatic carbocycles. The number of benzene rings is 1. The van der Waals surface area contributed by atoms with Crippen molar-refractivity contribution in [1.82, 2.24) is 5.01 Å². The molecule has 1 saturated heterocycles. The Labute approximate surface area is 125 Å². The lowest BCUT2D eigenvalue weighted by Crippen LogP contribution is -2.35. The van der Waals surface area contributed by atoms with Gasteiger partial charge in [-0.05, 0) is 19.1 Å². The molecule has 1 aliphatic rings. The predicted molar refractivity (Wildman–Crippen MR) is 73.8 cm³/mol. The second kappa shape index (κ2) is 6.20. The monoisotopic (exact) mass is 307 g/mol. The van der Waals surface area contributed by atoms with Crippen molar-refractivity contribution in [1.29, 1.82) is 0 Å². The van der Waals surface area contributed by atoms with Crippen LogP contribution in [0.4, 0.5) is 11.4 Å². The second-order valence-electron chi connectivity index (χ2n) is 4.44. The van der Waals surface area contributed by atoms with E-state index in [0.29, 0.717) is 0 Å². The van der Waals surface area contributed by atoms with E-state index in [2.05, 4.69) is 5.43 Å². The molecule has 0 unspecified atom stereocenters. The number of rotatable bonds is 5. The Balaban J connectivity index is 2.31. The number of carbonyl (C=O) groups is 3. The van der Waals surface area contributed by atoms with Crippen LogP contribution in [0.5, 0.6) is 0 Å². The fraction of sp³-hybridized carbons (Fsp3) is 0.308. The summed E-state index contributed by atoms with van der Waals surface area (Å²) in [6, 6.07) is 3.60. The van der Waals surface area contributed by atoms with Gasteiger partial charge in [-0.15, -0.1) is 0 Å². The lowest BCUT2D eigenvalue weighted by atomic mass is 10.2. The van der Waals surface area contributed by atoms with Gasteiger partial charge in [-0.3, -0.25) is 25.1 Å². The van der Waals surface area contributed by atoms with Gasteiger partial charge < -0.3 is 4.74 Å². The fourth-order valence-electron chi connectivity index (χ4n) is 1.94. The number of esters is 1. The molecule has 2 amide bonds. The Morgan fingerprint density at radius 3 is 2.55 bits per heavy atom. The Hall–Kier alpha value is -2.97. The summed E-state index contributed by atoms with van der Waals surface area (Å²) in [5.74, 6) is -1.62. The summed E-state index contributed by atoms with van der Waals surface area (Å²) in [7, 11) is 0. The van der Waals surface area contributed by atoms with Gasteiger partial charge in [0.2, 0.25) is 11.8 Å². The maximum Gasteiger partial charge on any atom is 0.338 e. The van der Waals surface area contributed by atoms with Crippen LogP contribution in [0.3, 0.4) is 0 Å². The molecule has 0 saturated carbocycles. The number of ether oxygens (including phenoxy) is 1. The Morgan fingerprint density at radius 1 is 1.36 bits per heavy atom. The van der Waals surface area contributed by atoms with Crippen LogP contribution in [0.2, 0.25) is 0 Å². The first-order valence-corrected chi connectivity index (χ1v) is 6.52. The lowest BCUT2D eigenvalue weighted by molar-refractivity contribution is -0.384. The fourth-order valence-corrected chi connectivity index (χ4v) is 1.94. The molecule has 1 aliphatic heterocycles. The first kappa shape index (κ1) is 15.4. The summed E-state index contributed by atoms with van der Waals surface area (Å²) < 4.78 is 4.77. The lowest BCUT2D eigenvalue weighted by Gasteiger charge is -2.16. The van der Waals surface area contributed by atoms with Gasteiger partial charge in [0.15, 0.2) is 0 Å². The van der Waals surface area contributed by atoms with Crippen molar-refractivity contribution in [2.75, 3.05) is 12.0 Å². The average Bonchev–Trinajstić information content (AvgIpc) is 2.79. The molecule has 0 aliphatic carbocycles. The molecular formula is C13H13N3O6. The van der Waals surface area contributed by atoms with Gasteiger partial charge in [0.25, 0.3) is 5.69 Å². The molecule has 116 valence electrons. The number of hydrogen-bond acceptors (Lipinski definition) is 7. The van der Waals surface area contributed by atoms with Crippen LogP contribution in [0.1, 0.15) is 30.1 Å². The van der Waals surface area contributed by atoms with Crippen molar-refractivity contribution >= 4 is 29.2 Å². The highest BCUT2D eigenvalue weighted by Crippen LogP contribution is 2.27. The van der Waals surface area contributed by atoms with Crippen LogP contribution in [0.25, 0.3) is 0 Å². The summed E-state index contributed by atoms with van der Waals surface area (Å²) >= 11 is 0. The Bertz CT molecular complexity index is 641. The molecule has 0 radical (unpaired) electrons. The Morgan fingerprint density at radius 2 is 2.00 bits per heavy atom. The molecule has 9 nitrogen and oxygen atoms in total. The first-order valence-electron chi connectivity index (χ1n) is 6.52. The standard InChI is InChI=1S/C13H13N3O6/c1-2-22-13(19)8-3-4-9(10(7-8)16(20)21)14-15-11(17)5-6-12(15)18/h3-4,7,14H,2,5-6H2,1H3. The van der Waals surface area contributed by atoms with Crippen molar-refractivity contribution in [2.24, 2.45) is 0 Å². The number of nitrogens with one attached hydrogen (secondary N) is 1. The van der Waals surface area contributed by atoms with Crippen molar-refractivity contribution in [3.05, 3.63) is 33.9 Å². The second-order valence-corrected chi connectivity index (χ2v) is 4.44. The van der Waals surface area contributed by atoms with E-state index in [1.165, 1.54) is 12.1 Å². The number of anilines is 1. The van der Waals surface area contributed by atoms with E-state index in [-0.39, 0.29) is 30.7 Å². The summed E-state index contributed by atoms with van der Waals surface area (Å²) in [5.41, 5.74) is 1.95. The van der Waals surface area contributed by atoms with Crippen molar-refractivity contribution in [3.8, 4) is 0 Å². The zero-order valence-corrected chi connectivity index (χ0v) is 11.7. The van der Waals surface area contributed by atoms with Crippen LogP contribution in [-0.2, 0) is 14.3 Å². The van der Waals surface area contributed by atoms with E-state index in [0.717, 1.165) is 11.1 Å². The van der Waals surface area contributed by atoms with Gasteiger partial charge in [0.1, 0.15) is 5.69 Å². The molecule has 1 aromatic rings. The van der Waals surface area contributed by atoms with Gasteiger partial charge in [-0.1, -0.05) is 0 Å². The topological polar surface area (TPSA) is 119 Å². The maximum absolute atomic E-state index is 11.6. The molecule has 0 bridgehead atoms. The number of nitro groups is 1. The minimum atomic E-state index is -0.712. The third kappa shape index (κ3) is 3.03. The summed E-state index contributed by atoms with van der Waals surface area (Å²) in [4.78, 5) is 45.1. The van der Waals surface area contributed by atoms with Crippen molar-refractivity contribution < 1.29 is 24.0 Å². The van der Waals surface area contributed by atoms with E-state index in [1.807, 2.05) is 0 Å². The van der Waals surface area contributed by atoms with Gasteiger partial charge in [0, 0.05) is 18.9 Å². The summed E-state index contributed by atoms with van der Waals surface area (Å²) in [5, 5.41) is 11.9. The van der Waals surface area contributed by atoms with Crippen LogP contribution in [-0.4, -0.2) is 34.3 Å². The molecule has 0 spiro atoms. The van der Waals surface area contributed by atoms with Gasteiger partial charge in [0.05, 0.1) is 17.1 Å². The largest absolute Gasteiger partial charge is 0.462 e. The molecule has 0 atom stereocenters. The number of nitro benzene ring substituents is 1. The SMILES string of the molecule is CCOC(=O)c1ccc(NN2C(=O)CCC2=O)c([N+](=O)[O-])c1. The molecule has 1 heterocycles. The number of amides is 2. The molecular weight excluding hydrogens is 294 g/mol. The third-order valence-electron chi connectivity index (χ3n) is 2.99. The zero-order valence-electron chi connectivity index (χ0n) is 11.7. The summed E-state index contributed by atoms with van der Waals surface area (Å²) in [6.07, 6.45) is 0.112. The average molecular weight is 307 g/mol. The summed E-state index contributed by atoms with van der Waals surface area (Å²) in [6.45, 7) is 1.76. The smallest absolute Gasteiger partial charge is 0.338 e. The molecule has 0 aromatic heterocycles. The number of nitrogens with zero attached hydrogens (tertiary/aromatic N) is 2. The van der Waals surface area contributed by atoms with Gasteiger partial charge in [-0.25, -0.2) is 4.79 Å². The highest BCUT2D eigenvalue weighted by Gasteiger charge is 2.31. The third-order valence-corrected chi connectivity index (χ3v) is 2.99. The highest BCUT2D eigenvalue weighted by molar-refractivity contribution is 6.03. The van der Waals surface area contributed by atoms with Crippen LogP contribution in [0, 0.1) is 10.1 Å². The number of carbonyl (C=O) groups excluding carboxylic acids is 3. The maximum atomic E-state index is 11.6. The van der Waals surface area contributed by atoms with Crippen LogP contribution in [0.15, 0.2) is 18.2 Å². The highest BCUT2D eigenvalue weighted by atomic mass is 16.6. The number of imide groups is 1. The zero-order chi connectivity index (χ0) is 16.3. The molecule has 1 fully saturated rings. The Kier molecular flexibility index (Phi) is 4.35. The van der Waals surface area contributed by atoms with E-state index in [4.69, 9.17) is 4.74 Å². The van der Waals surface area contributed by atoms with E-state index >= 15 is 0 Å². The normalized spacial score (nSPS) is 14.1. The van der Waals surface area contributed by atoms with E-state index < -0.39 is 28.4 Å². The van der Waals surface area contributed by atoms with Gasteiger partial charge in [-0.2, -0.15) is 5.01 Å². The van der Waals surface area contributed by atoms with E-state index in [1.54, 1.807) is 6.92 Å². The van der Waals surface area contributed by atoms with Crippen molar-refractivity contribution in [3.63, 3.8) is 0 Å². The first-order chi connectivity index (χ1) is 10.4. The number of hydrogen-bond donors (Lipinski definition) is 1. The van der Waals surface area contributed by atoms with Crippen LogP contribution < -0.4 is 5.43 Å². The quantitative estimate of drug-likeness (QED) is 0.376. The van der Waals surface area contributed by atoms with E-state index in [9.17, 15) is 24.5 Å². The predicted octanol–water partition coefficient (Wildman–Crippen LogP) is 1.25. The number of hydrazine groups is 1. The van der Waals surface area contributed by atoms with Crippen molar-refractivity contribution in [2.45, 2.75) is 19.8 Å². The molecule has 1 N–H and O–H groups in total. The minimum absolute atomic E-state index is 0.0122. The molecule has 9 heteroatoms. The molecule has 2 rings (SSSR count). The van der Waals surface area contributed by atoms with Crippen LogP contribution >= 0.6 is 0 Å². The minimum Gasteiger partial charge on any atom is -0.462 e. The molecule has 22 heavy (non-hydrogen) atoms.